The fraction of sp³-hybridized carbons (Fsp3) is 0.118. The van der Waals surface area contributed by atoms with Gasteiger partial charge in [-0.15, -0.1) is 0 Å². The lowest BCUT2D eigenvalue weighted by Gasteiger charge is -2.16. The summed E-state index contributed by atoms with van der Waals surface area (Å²) in [6.45, 7) is 1.57. The van der Waals surface area contributed by atoms with Gasteiger partial charge in [-0.2, -0.15) is 0 Å². The number of ether oxygens (including phenoxy) is 1. The third kappa shape index (κ3) is 2.59. The first kappa shape index (κ1) is 15.2. The second kappa shape index (κ2) is 5.85. The highest BCUT2D eigenvalue weighted by atomic mass is 35.5. The lowest BCUT2D eigenvalue weighted by Crippen LogP contribution is -2.07. The SMILES string of the molecule is CC(OC(=O)Cl)c1c([N+](=O)[O-])c2ccccc2c2ccccc12. The molecule has 0 aliphatic rings. The molecule has 0 saturated heterocycles. The van der Waals surface area contributed by atoms with Crippen LogP contribution in [0.2, 0.25) is 0 Å². The molecule has 0 aliphatic carbocycles. The van der Waals surface area contributed by atoms with Crippen LogP contribution < -0.4 is 0 Å². The van der Waals surface area contributed by atoms with Crippen molar-refractivity contribution in [3.05, 3.63) is 64.2 Å². The molecule has 0 aromatic heterocycles. The molecule has 3 aromatic rings. The molecule has 0 saturated carbocycles. The van der Waals surface area contributed by atoms with E-state index in [2.05, 4.69) is 0 Å². The summed E-state index contributed by atoms with van der Waals surface area (Å²) in [4.78, 5) is 22.3. The number of nitro benzene ring substituents is 1. The van der Waals surface area contributed by atoms with E-state index >= 15 is 0 Å². The van der Waals surface area contributed by atoms with Crippen LogP contribution in [0.15, 0.2) is 48.5 Å². The van der Waals surface area contributed by atoms with Gasteiger partial charge in [0.1, 0.15) is 6.10 Å². The first-order valence-electron chi connectivity index (χ1n) is 6.94. The summed E-state index contributed by atoms with van der Waals surface area (Å²) in [5.41, 5.74) is -0.716. The highest BCUT2D eigenvalue weighted by molar-refractivity contribution is 6.61. The minimum absolute atomic E-state index is 0.0651. The lowest BCUT2D eigenvalue weighted by atomic mass is 9.93. The van der Waals surface area contributed by atoms with Crippen molar-refractivity contribution in [1.82, 2.24) is 0 Å². The fourth-order valence-electron chi connectivity index (χ4n) is 2.96. The van der Waals surface area contributed by atoms with Crippen LogP contribution >= 0.6 is 11.6 Å². The zero-order chi connectivity index (χ0) is 16.6. The Hall–Kier alpha value is -2.66. The van der Waals surface area contributed by atoms with Crippen molar-refractivity contribution in [3.63, 3.8) is 0 Å². The predicted octanol–water partition coefficient (Wildman–Crippen LogP) is 5.34. The summed E-state index contributed by atoms with van der Waals surface area (Å²) in [7, 11) is 0. The quantitative estimate of drug-likeness (QED) is 0.281. The number of rotatable bonds is 3. The Labute approximate surface area is 136 Å². The van der Waals surface area contributed by atoms with Gasteiger partial charge in [-0.3, -0.25) is 10.1 Å². The Balaban J connectivity index is 2.49. The molecule has 0 fully saturated rings. The van der Waals surface area contributed by atoms with Gasteiger partial charge in [-0.1, -0.05) is 42.5 Å². The van der Waals surface area contributed by atoms with Gasteiger partial charge in [0.2, 0.25) is 0 Å². The molecule has 0 amide bonds. The smallest absolute Gasteiger partial charge is 0.404 e. The number of benzene rings is 3. The summed E-state index contributed by atoms with van der Waals surface area (Å²) >= 11 is 5.29. The maximum atomic E-state index is 11.7. The number of fused-ring (bicyclic) bond motifs is 3. The number of hydrogen-bond acceptors (Lipinski definition) is 4. The fourth-order valence-corrected chi connectivity index (χ4v) is 3.09. The third-order valence-corrected chi connectivity index (χ3v) is 3.89. The second-order valence-electron chi connectivity index (χ2n) is 5.11. The number of halogens is 1. The minimum Gasteiger partial charge on any atom is -0.445 e. The molecule has 0 radical (unpaired) electrons. The van der Waals surface area contributed by atoms with Crippen LogP contribution in [-0.2, 0) is 4.74 Å². The van der Waals surface area contributed by atoms with Crippen LogP contribution in [-0.4, -0.2) is 10.4 Å². The summed E-state index contributed by atoms with van der Waals surface area (Å²) in [6.07, 6.45) is -0.838. The molecule has 23 heavy (non-hydrogen) atoms. The van der Waals surface area contributed by atoms with Gasteiger partial charge in [0.25, 0.3) is 5.69 Å². The molecule has 116 valence electrons. The van der Waals surface area contributed by atoms with Crippen molar-refractivity contribution >= 4 is 44.3 Å². The number of hydrogen-bond donors (Lipinski definition) is 0. The molecule has 5 nitrogen and oxygen atoms in total. The summed E-state index contributed by atoms with van der Waals surface area (Å²) < 4.78 is 5.01. The standard InChI is InChI=1S/C17H12ClNO4/c1-10(23-17(18)20)15-13-8-4-2-6-11(13)12-7-3-5-9-14(12)16(15)19(21)22/h2-10H,1H3. The third-order valence-electron chi connectivity index (χ3n) is 3.80. The van der Waals surface area contributed by atoms with Gasteiger partial charge in [0.15, 0.2) is 0 Å². The average Bonchev–Trinajstić information content (AvgIpc) is 2.52. The van der Waals surface area contributed by atoms with Crippen molar-refractivity contribution in [2.24, 2.45) is 0 Å². The van der Waals surface area contributed by atoms with Crippen LogP contribution in [0.4, 0.5) is 10.5 Å². The molecule has 0 bridgehead atoms. The molecule has 6 heteroatoms. The molecule has 0 aliphatic heterocycles. The Bertz CT molecular complexity index is 938. The van der Waals surface area contributed by atoms with Crippen molar-refractivity contribution < 1.29 is 14.5 Å². The molecule has 1 atom stereocenters. The zero-order valence-electron chi connectivity index (χ0n) is 12.2. The van der Waals surface area contributed by atoms with Crippen LogP contribution in [0, 0.1) is 10.1 Å². The van der Waals surface area contributed by atoms with E-state index in [1.165, 1.54) is 0 Å². The van der Waals surface area contributed by atoms with Gasteiger partial charge in [-0.05, 0) is 29.1 Å². The monoisotopic (exact) mass is 329 g/mol. The van der Waals surface area contributed by atoms with E-state index in [1.807, 2.05) is 24.3 Å². The number of nitro groups is 1. The van der Waals surface area contributed by atoms with E-state index < -0.39 is 16.5 Å². The minimum atomic E-state index is -0.996. The predicted molar refractivity (Wildman–Crippen MR) is 88.9 cm³/mol. The van der Waals surface area contributed by atoms with Crippen molar-refractivity contribution in [2.45, 2.75) is 13.0 Å². The number of nitrogens with zero attached hydrogens (tertiary/aromatic N) is 1. The van der Waals surface area contributed by atoms with Gasteiger partial charge in [-0.25, -0.2) is 4.79 Å². The summed E-state index contributed by atoms with van der Waals surface area (Å²) in [5, 5.41) is 14.5. The van der Waals surface area contributed by atoms with E-state index in [-0.39, 0.29) is 5.69 Å². The van der Waals surface area contributed by atoms with E-state index in [1.54, 1.807) is 31.2 Å². The molecular weight excluding hydrogens is 318 g/mol. The number of carbonyl (C=O) groups is 1. The lowest BCUT2D eigenvalue weighted by molar-refractivity contribution is -0.384. The molecule has 3 rings (SSSR count). The van der Waals surface area contributed by atoms with Crippen LogP contribution in [0.25, 0.3) is 21.5 Å². The molecular formula is C17H12ClNO4. The molecule has 0 heterocycles. The molecule has 1 unspecified atom stereocenters. The zero-order valence-corrected chi connectivity index (χ0v) is 12.9. The Morgan fingerprint density at radius 3 is 2.04 bits per heavy atom. The van der Waals surface area contributed by atoms with Gasteiger partial charge >= 0.3 is 5.43 Å². The maximum Gasteiger partial charge on any atom is 0.404 e. The summed E-state index contributed by atoms with van der Waals surface area (Å²) in [5.74, 6) is 0. The largest absolute Gasteiger partial charge is 0.445 e. The van der Waals surface area contributed by atoms with Gasteiger partial charge in [0.05, 0.1) is 15.9 Å². The van der Waals surface area contributed by atoms with E-state index in [9.17, 15) is 14.9 Å². The van der Waals surface area contributed by atoms with E-state index in [4.69, 9.17) is 16.3 Å². The van der Waals surface area contributed by atoms with Gasteiger partial charge < -0.3 is 4.74 Å². The first-order chi connectivity index (χ1) is 11.0. The van der Waals surface area contributed by atoms with Crippen LogP contribution in [0.5, 0.6) is 0 Å². The van der Waals surface area contributed by atoms with Crippen molar-refractivity contribution in [1.29, 1.82) is 0 Å². The maximum absolute atomic E-state index is 11.7. The highest BCUT2D eigenvalue weighted by Crippen LogP contribution is 2.41. The summed E-state index contributed by atoms with van der Waals surface area (Å²) in [6, 6.07) is 14.4. The highest BCUT2D eigenvalue weighted by Gasteiger charge is 2.28. The normalized spacial score (nSPS) is 12.3. The topological polar surface area (TPSA) is 69.4 Å². The Morgan fingerprint density at radius 2 is 1.52 bits per heavy atom. The van der Waals surface area contributed by atoms with Crippen LogP contribution in [0.3, 0.4) is 0 Å². The van der Waals surface area contributed by atoms with E-state index in [0.717, 1.165) is 10.8 Å². The molecule has 0 spiro atoms. The average molecular weight is 330 g/mol. The van der Waals surface area contributed by atoms with Crippen molar-refractivity contribution in [2.75, 3.05) is 0 Å². The first-order valence-corrected chi connectivity index (χ1v) is 7.32. The van der Waals surface area contributed by atoms with E-state index in [0.29, 0.717) is 16.3 Å². The number of carbonyl (C=O) groups excluding carboxylic acids is 1. The molecule has 0 N–H and O–H groups in total. The van der Waals surface area contributed by atoms with Gasteiger partial charge in [0, 0.05) is 11.6 Å². The Morgan fingerprint density at radius 1 is 1.04 bits per heavy atom. The second-order valence-corrected chi connectivity index (χ2v) is 5.42. The molecule has 3 aromatic carbocycles. The Kier molecular flexibility index (Phi) is 3.88. The van der Waals surface area contributed by atoms with Crippen LogP contribution in [0.1, 0.15) is 18.6 Å². The van der Waals surface area contributed by atoms with Crippen molar-refractivity contribution in [3.8, 4) is 0 Å².